The maximum absolute atomic E-state index is 13.6. The van der Waals surface area contributed by atoms with Gasteiger partial charge in [0.1, 0.15) is 17.2 Å². The first-order valence-electron chi connectivity index (χ1n) is 11.5. The van der Waals surface area contributed by atoms with Crippen LogP contribution in [-0.2, 0) is 11.3 Å². The van der Waals surface area contributed by atoms with E-state index in [9.17, 15) is 22.8 Å². The Morgan fingerprint density at radius 2 is 1.66 bits per heavy atom. The number of alkyl halides is 3. The molecule has 4 aromatic rings. The average Bonchev–Trinajstić information content (AvgIpc) is 3.13. The van der Waals surface area contributed by atoms with Crippen LogP contribution in [-0.4, -0.2) is 41.0 Å². The molecule has 0 unspecified atom stereocenters. The van der Waals surface area contributed by atoms with E-state index in [0.717, 1.165) is 0 Å². The maximum Gasteiger partial charge on any atom is 0.573 e. The Balaban J connectivity index is 1.80. The van der Waals surface area contributed by atoms with Gasteiger partial charge in [0.05, 0.1) is 18.2 Å². The number of ketones is 1. The number of fused-ring (bicyclic) bond motifs is 1. The molecule has 0 aliphatic rings. The summed E-state index contributed by atoms with van der Waals surface area (Å²) in [6.07, 6.45) is -5.95. The molecule has 1 atom stereocenters. The van der Waals surface area contributed by atoms with E-state index in [-0.39, 0.29) is 12.3 Å². The highest BCUT2D eigenvalue weighted by Crippen LogP contribution is 2.34. The number of aromatic nitrogens is 1. The minimum absolute atomic E-state index is 0.173. The van der Waals surface area contributed by atoms with Gasteiger partial charge in [0, 0.05) is 29.3 Å². The molecule has 0 bridgehead atoms. The molecule has 1 aromatic heterocycles. The molecule has 38 heavy (non-hydrogen) atoms. The van der Waals surface area contributed by atoms with Crippen LogP contribution in [0.3, 0.4) is 0 Å². The molecule has 0 fully saturated rings. The van der Waals surface area contributed by atoms with Crippen LogP contribution in [0.5, 0.6) is 17.2 Å². The number of ether oxygens (including phenoxy) is 3. The quantitative estimate of drug-likeness (QED) is 0.269. The topological polar surface area (TPSA) is 87.0 Å². The summed E-state index contributed by atoms with van der Waals surface area (Å²) in [5.74, 6) is -0.942. The highest BCUT2D eigenvalue weighted by atomic mass is 19.4. The second kappa shape index (κ2) is 10.5. The lowest BCUT2D eigenvalue weighted by molar-refractivity contribution is -0.274. The lowest BCUT2D eigenvalue weighted by Crippen LogP contribution is -2.22. The molecule has 0 spiro atoms. The van der Waals surface area contributed by atoms with Crippen molar-refractivity contribution in [1.82, 2.24) is 4.57 Å². The molecule has 198 valence electrons. The first-order chi connectivity index (χ1) is 18.0. The molecule has 0 saturated heterocycles. The lowest BCUT2D eigenvalue weighted by Gasteiger charge is -2.14. The number of rotatable bonds is 9. The number of carboxylic acid groups (broad SMARTS) is 1. The van der Waals surface area contributed by atoms with Gasteiger partial charge in [-0.3, -0.25) is 4.79 Å². The second-order valence-corrected chi connectivity index (χ2v) is 8.58. The zero-order chi connectivity index (χ0) is 27.6. The third kappa shape index (κ3) is 5.74. The van der Waals surface area contributed by atoms with E-state index in [0.29, 0.717) is 44.8 Å². The van der Waals surface area contributed by atoms with Crippen molar-refractivity contribution in [1.29, 1.82) is 0 Å². The van der Waals surface area contributed by atoms with E-state index < -0.39 is 24.2 Å². The molecular formula is C28H24F3NO6. The number of hydrogen-bond donors (Lipinski definition) is 1. The van der Waals surface area contributed by atoms with Crippen molar-refractivity contribution in [2.75, 3.05) is 7.11 Å². The van der Waals surface area contributed by atoms with Crippen LogP contribution < -0.4 is 14.2 Å². The number of benzene rings is 3. The standard InChI is InChI=1S/C28H24F3NO6/c1-16-25(26(33)19-7-9-20(36-3)10-8-19)23-12-11-22(38-28(29,30)31)14-24(23)32(16)15-18-5-4-6-21(13-18)37-17(2)27(34)35/h4-14,17H,15H2,1-3H3,(H,34,35)/t17-/m0/s1. The highest BCUT2D eigenvalue weighted by molar-refractivity contribution is 6.17. The number of carboxylic acids is 1. The Morgan fingerprint density at radius 1 is 0.974 bits per heavy atom. The van der Waals surface area contributed by atoms with Crippen LogP contribution >= 0.6 is 0 Å². The fraction of sp³-hybridized carbons (Fsp3) is 0.214. The van der Waals surface area contributed by atoms with E-state index in [1.165, 1.54) is 32.2 Å². The third-order valence-electron chi connectivity index (χ3n) is 6.01. The van der Waals surface area contributed by atoms with E-state index in [1.807, 2.05) is 0 Å². The van der Waals surface area contributed by atoms with Crippen molar-refractivity contribution >= 4 is 22.7 Å². The molecule has 0 amide bonds. The summed E-state index contributed by atoms with van der Waals surface area (Å²) in [6, 6.07) is 17.1. The summed E-state index contributed by atoms with van der Waals surface area (Å²) in [7, 11) is 1.51. The third-order valence-corrected chi connectivity index (χ3v) is 6.01. The SMILES string of the molecule is COc1ccc(C(=O)c2c(C)n(Cc3cccc(O[C@@H](C)C(=O)O)c3)c3cc(OC(F)(F)F)ccc23)cc1. The predicted molar refractivity (Wildman–Crippen MR) is 133 cm³/mol. The van der Waals surface area contributed by atoms with Crippen molar-refractivity contribution in [3.05, 3.63) is 89.1 Å². The van der Waals surface area contributed by atoms with Crippen LogP contribution in [0, 0.1) is 6.92 Å². The van der Waals surface area contributed by atoms with Gasteiger partial charge in [-0.25, -0.2) is 4.79 Å². The summed E-state index contributed by atoms with van der Waals surface area (Å²) < 4.78 is 55.3. The monoisotopic (exact) mass is 527 g/mol. The summed E-state index contributed by atoms with van der Waals surface area (Å²) in [4.78, 5) is 24.7. The molecule has 1 N–H and O–H groups in total. The molecule has 3 aromatic carbocycles. The number of carbonyl (C=O) groups excluding carboxylic acids is 1. The Kier molecular flexibility index (Phi) is 7.34. The van der Waals surface area contributed by atoms with E-state index >= 15 is 0 Å². The molecule has 0 saturated carbocycles. The van der Waals surface area contributed by atoms with E-state index in [1.54, 1.807) is 60.0 Å². The summed E-state index contributed by atoms with van der Waals surface area (Å²) >= 11 is 0. The molecule has 0 aliphatic heterocycles. The van der Waals surface area contributed by atoms with Gasteiger partial charge in [0.15, 0.2) is 11.9 Å². The first kappa shape index (κ1) is 26.6. The second-order valence-electron chi connectivity index (χ2n) is 8.58. The van der Waals surface area contributed by atoms with Gasteiger partial charge in [-0.15, -0.1) is 13.2 Å². The molecule has 0 radical (unpaired) electrons. The summed E-state index contributed by atoms with van der Waals surface area (Å²) in [5, 5.41) is 9.59. The number of methoxy groups -OCH3 is 1. The van der Waals surface area contributed by atoms with Crippen LogP contribution in [0.25, 0.3) is 10.9 Å². The molecule has 0 aliphatic carbocycles. The largest absolute Gasteiger partial charge is 0.573 e. The summed E-state index contributed by atoms with van der Waals surface area (Å²) in [5.41, 5.74) is 2.32. The van der Waals surface area contributed by atoms with E-state index in [2.05, 4.69) is 4.74 Å². The number of nitrogens with zero attached hydrogens (tertiary/aromatic N) is 1. The Bertz CT molecular complexity index is 1490. The van der Waals surface area contributed by atoms with Gasteiger partial charge in [-0.1, -0.05) is 12.1 Å². The predicted octanol–water partition coefficient (Wildman–Crippen LogP) is 5.99. The van der Waals surface area contributed by atoms with Crippen LogP contribution in [0.1, 0.15) is 34.1 Å². The van der Waals surface area contributed by atoms with Crippen LogP contribution in [0.2, 0.25) is 0 Å². The van der Waals surface area contributed by atoms with Crippen molar-refractivity contribution in [2.24, 2.45) is 0 Å². The van der Waals surface area contributed by atoms with Crippen molar-refractivity contribution in [3.8, 4) is 17.2 Å². The van der Waals surface area contributed by atoms with Crippen molar-refractivity contribution in [3.63, 3.8) is 0 Å². The Morgan fingerprint density at radius 3 is 2.29 bits per heavy atom. The molecule has 4 rings (SSSR count). The average molecular weight is 527 g/mol. The zero-order valence-electron chi connectivity index (χ0n) is 20.7. The highest BCUT2D eigenvalue weighted by Gasteiger charge is 2.32. The zero-order valence-corrected chi connectivity index (χ0v) is 20.7. The van der Waals surface area contributed by atoms with Gasteiger partial charge < -0.3 is 23.9 Å². The Labute approximate surface area is 216 Å². The van der Waals surface area contributed by atoms with Crippen LogP contribution in [0.15, 0.2) is 66.7 Å². The van der Waals surface area contributed by atoms with Crippen molar-refractivity contribution in [2.45, 2.75) is 32.9 Å². The molecule has 10 heteroatoms. The fourth-order valence-corrected chi connectivity index (χ4v) is 4.19. The number of halogens is 3. The van der Waals surface area contributed by atoms with Gasteiger partial charge in [0.25, 0.3) is 0 Å². The maximum atomic E-state index is 13.6. The number of aliphatic carboxylic acids is 1. The van der Waals surface area contributed by atoms with Gasteiger partial charge in [-0.05, 0) is 67.9 Å². The normalized spacial score (nSPS) is 12.3. The van der Waals surface area contributed by atoms with Gasteiger partial charge >= 0.3 is 12.3 Å². The Hall–Kier alpha value is -4.47. The van der Waals surface area contributed by atoms with Gasteiger partial charge in [-0.2, -0.15) is 0 Å². The smallest absolute Gasteiger partial charge is 0.497 e. The molecule has 7 nitrogen and oxygen atoms in total. The molecule has 1 heterocycles. The first-order valence-corrected chi connectivity index (χ1v) is 11.5. The molecular weight excluding hydrogens is 503 g/mol. The number of hydrogen-bond acceptors (Lipinski definition) is 5. The fourth-order valence-electron chi connectivity index (χ4n) is 4.19. The minimum atomic E-state index is -4.88. The summed E-state index contributed by atoms with van der Waals surface area (Å²) in [6.45, 7) is 3.29. The van der Waals surface area contributed by atoms with E-state index in [4.69, 9.17) is 14.6 Å². The van der Waals surface area contributed by atoms with Crippen LogP contribution in [0.4, 0.5) is 13.2 Å². The number of carbonyl (C=O) groups is 2. The van der Waals surface area contributed by atoms with Gasteiger partial charge in [0.2, 0.25) is 0 Å². The minimum Gasteiger partial charge on any atom is -0.497 e. The lowest BCUT2D eigenvalue weighted by atomic mass is 10.0. The van der Waals surface area contributed by atoms with Crippen molar-refractivity contribution < 1.29 is 42.1 Å².